The third kappa shape index (κ3) is 2.80. The largest absolute Gasteiger partial charge is 0.487 e. The van der Waals surface area contributed by atoms with Gasteiger partial charge in [0.15, 0.2) is 4.96 Å². The first-order valence-electron chi connectivity index (χ1n) is 6.23. The lowest BCUT2D eigenvalue weighted by Crippen LogP contribution is -2.07. The van der Waals surface area contributed by atoms with Crippen LogP contribution in [0.5, 0.6) is 5.75 Å². The van der Waals surface area contributed by atoms with Crippen LogP contribution in [-0.4, -0.2) is 16.4 Å². The lowest BCUT2D eigenvalue weighted by Gasteiger charge is -2.10. The summed E-state index contributed by atoms with van der Waals surface area (Å²) >= 11 is 7.62. The molecule has 0 bridgehead atoms. The van der Waals surface area contributed by atoms with Gasteiger partial charge >= 0.3 is 0 Å². The lowest BCUT2D eigenvalue weighted by molar-refractivity contribution is 0.298. The molecular formula is C14H14ClN3OS. The Morgan fingerprint density at radius 1 is 1.45 bits per heavy atom. The number of benzene rings is 1. The first kappa shape index (κ1) is 13.4. The van der Waals surface area contributed by atoms with E-state index < -0.39 is 0 Å². The number of hydrogen-bond donors (Lipinski definition) is 1. The maximum Gasteiger partial charge on any atom is 0.193 e. The molecule has 0 spiro atoms. The Morgan fingerprint density at radius 2 is 2.35 bits per heavy atom. The van der Waals surface area contributed by atoms with Crippen molar-refractivity contribution in [2.75, 3.05) is 7.05 Å². The van der Waals surface area contributed by atoms with Gasteiger partial charge in [-0.3, -0.25) is 4.40 Å². The number of halogens is 1. The van der Waals surface area contributed by atoms with Gasteiger partial charge in [0.1, 0.15) is 12.4 Å². The van der Waals surface area contributed by atoms with Gasteiger partial charge in [-0.2, -0.15) is 0 Å². The second-order valence-electron chi connectivity index (χ2n) is 4.40. The molecule has 0 amide bonds. The standard InChI is InChI=1S/C14H14ClN3OS/c1-16-7-10-6-11(15)2-3-13(10)19-9-12-8-18-4-5-20-14(18)17-12/h2-6,8,16H,7,9H2,1H3. The van der Waals surface area contributed by atoms with Gasteiger partial charge < -0.3 is 10.1 Å². The number of nitrogens with one attached hydrogen (secondary N) is 1. The SMILES string of the molecule is CNCc1cc(Cl)ccc1OCc1cn2ccsc2n1. The second kappa shape index (κ2) is 5.83. The molecule has 3 rings (SSSR count). The van der Waals surface area contributed by atoms with Crippen LogP contribution in [-0.2, 0) is 13.2 Å². The van der Waals surface area contributed by atoms with Crippen molar-refractivity contribution >= 4 is 27.9 Å². The van der Waals surface area contributed by atoms with Gasteiger partial charge in [0, 0.05) is 34.9 Å². The van der Waals surface area contributed by atoms with E-state index in [1.807, 2.05) is 47.4 Å². The van der Waals surface area contributed by atoms with Crippen LogP contribution in [0.4, 0.5) is 0 Å². The average molecular weight is 308 g/mol. The normalized spacial score (nSPS) is 11.1. The number of thiazole rings is 1. The van der Waals surface area contributed by atoms with Crippen molar-refractivity contribution in [3.63, 3.8) is 0 Å². The summed E-state index contributed by atoms with van der Waals surface area (Å²) in [6.07, 6.45) is 3.98. The average Bonchev–Trinajstić information content (AvgIpc) is 2.99. The van der Waals surface area contributed by atoms with E-state index in [0.717, 1.165) is 22.0 Å². The van der Waals surface area contributed by atoms with E-state index in [2.05, 4.69) is 10.3 Å². The van der Waals surface area contributed by atoms with E-state index in [1.165, 1.54) is 0 Å². The van der Waals surface area contributed by atoms with Crippen molar-refractivity contribution in [2.24, 2.45) is 0 Å². The number of hydrogen-bond acceptors (Lipinski definition) is 4. The molecule has 0 radical (unpaired) electrons. The zero-order valence-corrected chi connectivity index (χ0v) is 12.5. The quantitative estimate of drug-likeness (QED) is 0.785. The molecule has 0 aliphatic carbocycles. The Balaban J connectivity index is 1.75. The summed E-state index contributed by atoms with van der Waals surface area (Å²) in [4.78, 5) is 5.48. The van der Waals surface area contributed by atoms with Crippen molar-refractivity contribution < 1.29 is 4.74 Å². The topological polar surface area (TPSA) is 38.6 Å². The number of nitrogens with zero attached hydrogens (tertiary/aromatic N) is 2. The van der Waals surface area contributed by atoms with Gasteiger partial charge in [-0.25, -0.2) is 4.98 Å². The first-order chi connectivity index (χ1) is 9.76. The van der Waals surface area contributed by atoms with Gasteiger partial charge in [-0.1, -0.05) is 11.6 Å². The van der Waals surface area contributed by atoms with E-state index in [-0.39, 0.29) is 0 Å². The molecular weight excluding hydrogens is 294 g/mol. The fourth-order valence-electron chi connectivity index (χ4n) is 2.01. The van der Waals surface area contributed by atoms with Gasteiger partial charge in [0.05, 0.1) is 5.69 Å². The Morgan fingerprint density at radius 3 is 3.15 bits per heavy atom. The molecule has 0 fully saturated rings. The van der Waals surface area contributed by atoms with E-state index >= 15 is 0 Å². The first-order valence-corrected chi connectivity index (χ1v) is 7.49. The summed E-state index contributed by atoms with van der Waals surface area (Å²) in [6, 6.07) is 5.65. The van der Waals surface area contributed by atoms with Crippen molar-refractivity contribution in [3.8, 4) is 5.75 Å². The van der Waals surface area contributed by atoms with Crippen LogP contribution >= 0.6 is 22.9 Å². The maximum absolute atomic E-state index is 6.01. The summed E-state index contributed by atoms with van der Waals surface area (Å²) in [5.74, 6) is 0.833. The van der Waals surface area contributed by atoms with Crippen molar-refractivity contribution in [1.29, 1.82) is 0 Å². The fourth-order valence-corrected chi connectivity index (χ4v) is 2.93. The predicted molar refractivity (Wildman–Crippen MR) is 81.6 cm³/mol. The molecule has 0 saturated carbocycles. The van der Waals surface area contributed by atoms with E-state index in [4.69, 9.17) is 16.3 Å². The van der Waals surface area contributed by atoms with Gasteiger partial charge in [-0.05, 0) is 25.2 Å². The molecule has 0 aliphatic heterocycles. The van der Waals surface area contributed by atoms with Crippen molar-refractivity contribution in [2.45, 2.75) is 13.2 Å². The smallest absolute Gasteiger partial charge is 0.193 e. The highest BCUT2D eigenvalue weighted by Crippen LogP contribution is 2.24. The molecule has 2 heterocycles. The van der Waals surface area contributed by atoms with Crippen LogP contribution in [0.25, 0.3) is 4.96 Å². The summed E-state index contributed by atoms with van der Waals surface area (Å²) in [5, 5.41) is 5.83. The zero-order chi connectivity index (χ0) is 13.9. The third-order valence-corrected chi connectivity index (χ3v) is 3.91. The number of aromatic nitrogens is 2. The molecule has 104 valence electrons. The van der Waals surface area contributed by atoms with Crippen LogP contribution in [0, 0.1) is 0 Å². The lowest BCUT2D eigenvalue weighted by atomic mass is 10.2. The van der Waals surface area contributed by atoms with Crippen molar-refractivity contribution in [3.05, 3.63) is 52.3 Å². The van der Waals surface area contributed by atoms with Gasteiger partial charge in [0.2, 0.25) is 0 Å². The molecule has 20 heavy (non-hydrogen) atoms. The van der Waals surface area contributed by atoms with Crippen LogP contribution in [0.1, 0.15) is 11.3 Å². The highest BCUT2D eigenvalue weighted by molar-refractivity contribution is 7.15. The minimum Gasteiger partial charge on any atom is -0.487 e. The highest BCUT2D eigenvalue weighted by Gasteiger charge is 2.07. The Bertz CT molecular complexity index is 694. The number of fused-ring (bicyclic) bond motifs is 1. The zero-order valence-electron chi connectivity index (χ0n) is 11.0. The number of imidazole rings is 1. The second-order valence-corrected chi connectivity index (χ2v) is 5.71. The molecule has 6 heteroatoms. The summed E-state index contributed by atoms with van der Waals surface area (Å²) in [7, 11) is 1.90. The van der Waals surface area contributed by atoms with Crippen molar-refractivity contribution in [1.82, 2.24) is 14.7 Å². The Kier molecular flexibility index (Phi) is 3.91. The minimum atomic E-state index is 0.451. The molecule has 1 aromatic carbocycles. The molecule has 3 aromatic rings. The van der Waals surface area contributed by atoms with E-state index in [0.29, 0.717) is 18.2 Å². The third-order valence-electron chi connectivity index (χ3n) is 2.91. The molecule has 0 saturated heterocycles. The molecule has 0 unspecified atom stereocenters. The van der Waals surface area contributed by atoms with E-state index in [1.54, 1.807) is 11.3 Å². The predicted octanol–water partition coefficient (Wildman–Crippen LogP) is 3.35. The summed E-state index contributed by atoms with van der Waals surface area (Å²) in [6.45, 7) is 1.17. The van der Waals surface area contributed by atoms with Gasteiger partial charge in [0.25, 0.3) is 0 Å². The minimum absolute atomic E-state index is 0.451. The molecule has 0 aliphatic rings. The van der Waals surface area contributed by atoms with Crippen LogP contribution in [0.3, 0.4) is 0 Å². The number of rotatable bonds is 5. The molecule has 1 N–H and O–H groups in total. The molecule has 4 nitrogen and oxygen atoms in total. The summed E-state index contributed by atoms with van der Waals surface area (Å²) < 4.78 is 7.86. The Hall–Kier alpha value is -1.56. The monoisotopic (exact) mass is 307 g/mol. The van der Waals surface area contributed by atoms with Gasteiger partial charge in [-0.15, -0.1) is 11.3 Å². The Labute approximate surface area is 126 Å². The summed E-state index contributed by atoms with van der Waals surface area (Å²) in [5.41, 5.74) is 1.96. The number of ether oxygens (including phenoxy) is 1. The van der Waals surface area contributed by atoms with E-state index in [9.17, 15) is 0 Å². The highest BCUT2D eigenvalue weighted by atomic mass is 35.5. The molecule has 0 atom stereocenters. The fraction of sp³-hybridized carbons (Fsp3) is 0.214. The maximum atomic E-state index is 6.01. The van der Waals surface area contributed by atoms with Crippen LogP contribution in [0.2, 0.25) is 5.02 Å². The van der Waals surface area contributed by atoms with Crippen LogP contribution < -0.4 is 10.1 Å². The van der Waals surface area contributed by atoms with Crippen LogP contribution in [0.15, 0.2) is 36.0 Å². The molecule has 2 aromatic heterocycles.